The molecule has 0 spiro atoms. The van der Waals surface area contributed by atoms with Crippen LogP contribution >= 0.6 is 15.9 Å². The Kier molecular flexibility index (Phi) is 4.95. The van der Waals surface area contributed by atoms with Gasteiger partial charge >= 0.3 is 5.97 Å². The SMILES string of the molecule is COC(=O)CNC(=O)C1CC(=O)N(c2ccccc2Br)C1. The van der Waals surface area contributed by atoms with Gasteiger partial charge < -0.3 is 15.0 Å². The summed E-state index contributed by atoms with van der Waals surface area (Å²) in [6.07, 6.45) is 0.133. The number of anilines is 1. The second-order valence-electron chi connectivity index (χ2n) is 4.65. The highest BCUT2D eigenvalue weighted by molar-refractivity contribution is 9.10. The second-order valence-corrected chi connectivity index (χ2v) is 5.51. The van der Waals surface area contributed by atoms with E-state index in [1.807, 2.05) is 24.3 Å². The lowest BCUT2D eigenvalue weighted by Gasteiger charge is -2.18. The number of esters is 1. The molecule has 1 aromatic carbocycles. The summed E-state index contributed by atoms with van der Waals surface area (Å²) < 4.78 is 5.25. The van der Waals surface area contributed by atoms with Crippen molar-refractivity contribution in [2.24, 2.45) is 5.92 Å². The van der Waals surface area contributed by atoms with Gasteiger partial charge in [0.1, 0.15) is 6.54 Å². The van der Waals surface area contributed by atoms with Gasteiger partial charge in [-0.05, 0) is 28.1 Å². The first-order valence-electron chi connectivity index (χ1n) is 6.42. The summed E-state index contributed by atoms with van der Waals surface area (Å²) in [5, 5.41) is 2.48. The standard InChI is InChI=1S/C14H15BrN2O4/c1-21-13(19)7-16-14(20)9-6-12(18)17(8-9)11-5-3-2-4-10(11)15/h2-5,9H,6-8H2,1H3,(H,16,20). The maximum atomic E-state index is 12.1. The van der Waals surface area contributed by atoms with E-state index in [2.05, 4.69) is 26.0 Å². The lowest BCUT2D eigenvalue weighted by atomic mass is 10.1. The Bertz CT molecular complexity index is 576. The molecule has 0 saturated carbocycles. The highest BCUT2D eigenvalue weighted by Gasteiger charge is 2.35. The van der Waals surface area contributed by atoms with Gasteiger partial charge in [-0.1, -0.05) is 12.1 Å². The summed E-state index contributed by atoms with van der Waals surface area (Å²) in [6, 6.07) is 7.34. The molecule has 1 unspecified atom stereocenters. The molecular weight excluding hydrogens is 340 g/mol. The van der Waals surface area contributed by atoms with Crippen LogP contribution in [0.1, 0.15) is 6.42 Å². The van der Waals surface area contributed by atoms with Crippen LogP contribution in [0.25, 0.3) is 0 Å². The van der Waals surface area contributed by atoms with Crippen LogP contribution in [0.4, 0.5) is 5.69 Å². The van der Waals surface area contributed by atoms with Crippen LogP contribution in [0.2, 0.25) is 0 Å². The number of methoxy groups -OCH3 is 1. The van der Waals surface area contributed by atoms with E-state index in [1.165, 1.54) is 7.11 Å². The summed E-state index contributed by atoms with van der Waals surface area (Å²) in [5.41, 5.74) is 0.741. The largest absolute Gasteiger partial charge is 0.468 e. The quantitative estimate of drug-likeness (QED) is 0.821. The van der Waals surface area contributed by atoms with Crippen molar-refractivity contribution in [1.82, 2.24) is 5.32 Å². The molecule has 1 atom stereocenters. The Morgan fingerprint density at radius 2 is 2.14 bits per heavy atom. The minimum atomic E-state index is -0.518. The van der Waals surface area contributed by atoms with Crippen LogP contribution in [0, 0.1) is 5.92 Å². The third-order valence-corrected chi connectivity index (χ3v) is 3.94. The minimum Gasteiger partial charge on any atom is -0.468 e. The molecule has 21 heavy (non-hydrogen) atoms. The number of amides is 2. The molecule has 0 aliphatic carbocycles. The fraction of sp³-hybridized carbons (Fsp3) is 0.357. The van der Waals surface area contributed by atoms with E-state index in [-0.39, 0.29) is 24.8 Å². The molecule has 6 nitrogen and oxygen atoms in total. The van der Waals surface area contributed by atoms with Crippen LogP contribution in [-0.4, -0.2) is 38.0 Å². The van der Waals surface area contributed by atoms with Crippen molar-refractivity contribution in [3.63, 3.8) is 0 Å². The number of carbonyl (C=O) groups is 3. The normalized spacial score (nSPS) is 17.7. The highest BCUT2D eigenvalue weighted by atomic mass is 79.9. The van der Waals surface area contributed by atoms with Gasteiger partial charge in [0.25, 0.3) is 0 Å². The van der Waals surface area contributed by atoms with Crippen molar-refractivity contribution >= 4 is 39.4 Å². The van der Waals surface area contributed by atoms with Gasteiger partial charge in [-0.2, -0.15) is 0 Å². The predicted octanol–water partition coefficient (Wildman–Crippen LogP) is 1.09. The second kappa shape index (κ2) is 6.71. The summed E-state index contributed by atoms with van der Waals surface area (Å²) in [4.78, 5) is 36.6. The number of hydrogen-bond donors (Lipinski definition) is 1. The molecule has 2 rings (SSSR count). The predicted molar refractivity (Wildman–Crippen MR) is 79.6 cm³/mol. The minimum absolute atomic E-state index is 0.111. The van der Waals surface area contributed by atoms with Crippen LogP contribution < -0.4 is 10.2 Å². The number of ether oxygens (including phenoxy) is 1. The molecule has 0 bridgehead atoms. The van der Waals surface area contributed by atoms with E-state index >= 15 is 0 Å². The molecule has 1 N–H and O–H groups in total. The number of nitrogens with one attached hydrogen (secondary N) is 1. The Morgan fingerprint density at radius 3 is 2.81 bits per heavy atom. The molecule has 112 valence electrons. The number of benzene rings is 1. The Morgan fingerprint density at radius 1 is 1.43 bits per heavy atom. The first-order chi connectivity index (χ1) is 10.0. The van der Waals surface area contributed by atoms with Crippen molar-refractivity contribution < 1.29 is 19.1 Å². The van der Waals surface area contributed by atoms with Gasteiger partial charge in [0.2, 0.25) is 11.8 Å². The zero-order valence-electron chi connectivity index (χ0n) is 11.5. The zero-order valence-corrected chi connectivity index (χ0v) is 13.1. The average molecular weight is 355 g/mol. The number of halogens is 1. The van der Waals surface area contributed by atoms with Crippen molar-refractivity contribution in [2.45, 2.75) is 6.42 Å². The topological polar surface area (TPSA) is 75.7 Å². The summed E-state index contributed by atoms with van der Waals surface area (Å²) in [5.74, 6) is -1.41. The molecule has 1 saturated heterocycles. The molecule has 1 aromatic rings. The Balaban J connectivity index is 2.01. The van der Waals surface area contributed by atoms with E-state index in [0.29, 0.717) is 6.54 Å². The first kappa shape index (κ1) is 15.5. The van der Waals surface area contributed by atoms with E-state index in [9.17, 15) is 14.4 Å². The van der Waals surface area contributed by atoms with Crippen LogP contribution in [0.15, 0.2) is 28.7 Å². The molecule has 0 aromatic heterocycles. The van der Waals surface area contributed by atoms with E-state index in [1.54, 1.807) is 4.90 Å². The molecule has 1 heterocycles. The highest BCUT2D eigenvalue weighted by Crippen LogP contribution is 2.31. The van der Waals surface area contributed by atoms with Crippen LogP contribution in [-0.2, 0) is 19.1 Å². The zero-order chi connectivity index (χ0) is 15.4. The Labute approximate surface area is 130 Å². The van der Waals surface area contributed by atoms with E-state index in [0.717, 1.165) is 10.2 Å². The van der Waals surface area contributed by atoms with Gasteiger partial charge in [0.05, 0.1) is 18.7 Å². The van der Waals surface area contributed by atoms with Crippen molar-refractivity contribution in [3.8, 4) is 0 Å². The van der Waals surface area contributed by atoms with E-state index < -0.39 is 11.9 Å². The number of para-hydroxylation sites is 1. The average Bonchev–Trinajstić information content (AvgIpc) is 2.86. The number of nitrogens with zero attached hydrogens (tertiary/aromatic N) is 1. The van der Waals surface area contributed by atoms with Gasteiger partial charge in [0, 0.05) is 17.4 Å². The van der Waals surface area contributed by atoms with Gasteiger partial charge in [-0.25, -0.2) is 0 Å². The monoisotopic (exact) mass is 354 g/mol. The molecule has 1 fully saturated rings. The third-order valence-electron chi connectivity index (χ3n) is 3.27. The van der Waals surface area contributed by atoms with Crippen molar-refractivity contribution in [2.75, 3.05) is 25.1 Å². The third kappa shape index (κ3) is 3.60. The van der Waals surface area contributed by atoms with Crippen molar-refractivity contribution in [3.05, 3.63) is 28.7 Å². The van der Waals surface area contributed by atoms with Gasteiger partial charge in [0.15, 0.2) is 0 Å². The fourth-order valence-electron chi connectivity index (χ4n) is 2.16. The van der Waals surface area contributed by atoms with Crippen LogP contribution in [0.3, 0.4) is 0 Å². The number of hydrogen-bond acceptors (Lipinski definition) is 4. The molecule has 1 aliphatic heterocycles. The van der Waals surface area contributed by atoms with Gasteiger partial charge in [-0.15, -0.1) is 0 Å². The molecule has 7 heteroatoms. The first-order valence-corrected chi connectivity index (χ1v) is 7.21. The smallest absolute Gasteiger partial charge is 0.325 e. The molecular formula is C14H15BrN2O4. The maximum Gasteiger partial charge on any atom is 0.325 e. The van der Waals surface area contributed by atoms with Gasteiger partial charge in [-0.3, -0.25) is 14.4 Å². The maximum absolute atomic E-state index is 12.1. The summed E-state index contributed by atoms with van der Waals surface area (Å²) >= 11 is 3.39. The number of rotatable bonds is 4. The summed E-state index contributed by atoms with van der Waals surface area (Å²) in [6.45, 7) is 0.115. The fourth-order valence-corrected chi connectivity index (χ4v) is 2.66. The number of carbonyl (C=O) groups excluding carboxylic acids is 3. The lowest BCUT2D eigenvalue weighted by molar-refractivity contribution is -0.141. The van der Waals surface area contributed by atoms with Crippen molar-refractivity contribution in [1.29, 1.82) is 0 Å². The molecule has 2 amide bonds. The van der Waals surface area contributed by atoms with E-state index in [4.69, 9.17) is 0 Å². The van der Waals surface area contributed by atoms with Crippen LogP contribution in [0.5, 0.6) is 0 Å². The molecule has 1 aliphatic rings. The summed E-state index contributed by atoms with van der Waals surface area (Å²) in [7, 11) is 1.25. The molecule has 0 radical (unpaired) electrons. The Hall–Kier alpha value is -1.89. The lowest BCUT2D eigenvalue weighted by Crippen LogP contribution is -2.36.